The Balaban J connectivity index is 2.00. The third-order valence-corrected chi connectivity index (χ3v) is 3.56. The van der Waals surface area contributed by atoms with Crippen molar-refractivity contribution in [1.29, 1.82) is 0 Å². The fourth-order valence-corrected chi connectivity index (χ4v) is 2.88. The van der Waals surface area contributed by atoms with E-state index in [1.807, 2.05) is 0 Å². The molecule has 0 spiro atoms. The van der Waals surface area contributed by atoms with Crippen molar-refractivity contribution in [3.63, 3.8) is 0 Å². The first-order chi connectivity index (χ1) is 6.79. The minimum absolute atomic E-state index is 0.350. The minimum Gasteiger partial charge on any atom is -0.343 e. The zero-order valence-corrected chi connectivity index (χ0v) is 8.45. The van der Waals surface area contributed by atoms with Gasteiger partial charge in [0.25, 0.3) is 0 Å². The SMILES string of the molecule is CC1CCC23OCCOC12OCCO3. The summed E-state index contributed by atoms with van der Waals surface area (Å²) in [7, 11) is 0. The lowest BCUT2D eigenvalue weighted by molar-refractivity contribution is -0.460. The summed E-state index contributed by atoms with van der Waals surface area (Å²) in [6.07, 6.45) is 1.92. The van der Waals surface area contributed by atoms with E-state index in [0.717, 1.165) is 12.8 Å². The van der Waals surface area contributed by atoms with Gasteiger partial charge in [-0.2, -0.15) is 0 Å². The summed E-state index contributed by atoms with van der Waals surface area (Å²) < 4.78 is 23.2. The van der Waals surface area contributed by atoms with Gasteiger partial charge in [0, 0.05) is 12.3 Å². The molecule has 1 atom stereocenters. The molecule has 1 aliphatic carbocycles. The fourth-order valence-electron chi connectivity index (χ4n) is 2.88. The predicted molar refractivity (Wildman–Crippen MR) is 47.7 cm³/mol. The second kappa shape index (κ2) is 2.92. The van der Waals surface area contributed by atoms with Gasteiger partial charge in [-0.3, -0.25) is 0 Å². The van der Waals surface area contributed by atoms with Gasteiger partial charge in [0.1, 0.15) is 0 Å². The van der Waals surface area contributed by atoms with Gasteiger partial charge in [-0.25, -0.2) is 0 Å². The summed E-state index contributed by atoms with van der Waals surface area (Å²) in [6, 6.07) is 0. The molecule has 3 fully saturated rings. The molecule has 2 heterocycles. The molecule has 2 saturated heterocycles. The van der Waals surface area contributed by atoms with Crippen molar-refractivity contribution in [2.45, 2.75) is 31.3 Å². The highest BCUT2D eigenvalue weighted by molar-refractivity contribution is 5.02. The van der Waals surface area contributed by atoms with Crippen LogP contribution in [0, 0.1) is 5.92 Å². The van der Waals surface area contributed by atoms with Gasteiger partial charge in [-0.1, -0.05) is 6.92 Å². The Hall–Kier alpha value is -0.160. The first-order valence-electron chi connectivity index (χ1n) is 5.35. The highest BCUT2D eigenvalue weighted by Crippen LogP contribution is 2.53. The molecule has 3 rings (SSSR count). The number of ether oxygens (including phenoxy) is 4. The average Bonchev–Trinajstić information content (AvgIpc) is 2.54. The molecule has 3 aliphatic rings. The largest absolute Gasteiger partial charge is 0.343 e. The van der Waals surface area contributed by atoms with Crippen LogP contribution in [-0.4, -0.2) is 38.0 Å². The predicted octanol–water partition coefficient (Wildman–Crippen LogP) is 0.902. The van der Waals surface area contributed by atoms with Crippen LogP contribution in [0.25, 0.3) is 0 Å². The summed E-state index contributed by atoms with van der Waals surface area (Å²) in [5, 5.41) is 0. The maximum atomic E-state index is 5.82. The quantitative estimate of drug-likeness (QED) is 0.582. The summed E-state index contributed by atoms with van der Waals surface area (Å²) in [5.74, 6) is -0.880. The van der Waals surface area contributed by atoms with E-state index in [1.54, 1.807) is 0 Å². The summed E-state index contributed by atoms with van der Waals surface area (Å²) >= 11 is 0. The molecule has 80 valence electrons. The van der Waals surface area contributed by atoms with Crippen LogP contribution in [0.3, 0.4) is 0 Å². The first kappa shape index (κ1) is 9.09. The van der Waals surface area contributed by atoms with Gasteiger partial charge in [-0.15, -0.1) is 0 Å². The molecule has 4 nitrogen and oxygen atoms in total. The van der Waals surface area contributed by atoms with Crippen LogP contribution >= 0.6 is 0 Å². The lowest BCUT2D eigenvalue weighted by atomic mass is 10.00. The van der Waals surface area contributed by atoms with Crippen LogP contribution in [0.15, 0.2) is 0 Å². The van der Waals surface area contributed by atoms with E-state index in [-0.39, 0.29) is 0 Å². The van der Waals surface area contributed by atoms with Crippen LogP contribution < -0.4 is 0 Å². The zero-order chi connectivity index (χ0) is 9.65. The van der Waals surface area contributed by atoms with Crippen molar-refractivity contribution in [2.24, 2.45) is 5.92 Å². The third kappa shape index (κ3) is 0.922. The smallest absolute Gasteiger partial charge is 0.226 e. The molecule has 0 aromatic heterocycles. The Kier molecular flexibility index (Phi) is 1.89. The molecule has 0 bridgehead atoms. The Morgan fingerprint density at radius 2 is 1.50 bits per heavy atom. The van der Waals surface area contributed by atoms with E-state index in [2.05, 4.69) is 6.92 Å². The normalized spacial score (nSPS) is 52.5. The monoisotopic (exact) mass is 200 g/mol. The van der Waals surface area contributed by atoms with E-state index < -0.39 is 11.6 Å². The van der Waals surface area contributed by atoms with Gasteiger partial charge in [0.05, 0.1) is 26.4 Å². The highest BCUT2D eigenvalue weighted by atomic mass is 16.8. The van der Waals surface area contributed by atoms with Gasteiger partial charge < -0.3 is 18.9 Å². The molecule has 4 heteroatoms. The first-order valence-corrected chi connectivity index (χ1v) is 5.35. The van der Waals surface area contributed by atoms with Crippen molar-refractivity contribution < 1.29 is 18.9 Å². The van der Waals surface area contributed by atoms with E-state index in [9.17, 15) is 0 Å². The maximum absolute atomic E-state index is 5.82. The summed E-state index contributed by atoms with van der Waals surface area (Å²) in [6.45, 7) is 4.58. The molecule has 1 unspecified atom stereocenters. The fraction of sp³-hybridized carbons (Fsp3) is 1.00. The number of hydrogen-bond donors (Lipinski definition) is 0. The molecular formula is C10H16O4. The molecule has 0 aromatic carbocycles. The van der Waals surface area contributed by atoms with E-state index in [0.29, 0.717) is 32.3 Å². The van der Waals surface area contributed by atoms with Gasteiger partial charge >= 0.3 is 0 Å². The second-order valence-electron chi connectivity index (χ2n) is 4.25. The maximum Gasteiger partial charge on any atom is 0.226 e. The lowest BCUT2D eigenvalue weighted by Crippen LogP contribution is -2.66. The van der Waals surface area contributed by atoms with Gasteiger partial charge in [0.15, 0.2) is 0 Å². The number of hydrogen-bond acceptors (Lipinski definition) is 4. The Labute approximate surface area is 83.5 Å². The second-order valence-corrected chi connectivity index (χ2v) is 4.25. The standard InChI is InChI=1S/C10H16O4/c1-8-2-3-9-10(8,13-6-4-11-9)14-7-5-12-9/h8H,2-7H2,1H3. The highest BCUT2D eigenvalue weighted by Gasteiger charge is 2.66. The number of rotatable bonds is 0. The Morgan fingerprint density at radius 1 is 0.929 bits per heavy atom. The van der Waals surface area contributed by atoms with Crippen molar-refractivity contribution in [3.8, 4) is 0 Å². The molecule has 0 aromatic rings. The van der Waals surface area contributed by atoms with E-state index in [4.69, 9.17) is 18.9 Å². The molecular weight excluding hydrogens is 184 g/mol. The van der Waals surface area contributed by atoms with Gasteiger partial charge in [-0.05, 0) is 6.42 Å². The van der Waals surface area contributed by atoms with Crippen LogP contribution in [0.2, 0.25) is 0 Å². The third-order valence-electron chi connectivity index (χ3n) is 3.56. The van der Waals surface area contributed by atoms with E-state index >= 15 is 0 Å². The summed E-state index contributed by atoms with van der Waals surface area (Å²) in [4.78, 5) is 0. The zero-order valence-electron chi connectivity index (χ0n) is 8.45. The molecule has 2 aliphatic heterocycles. The summed E-state index contributed by atoms with van der Waals surface area (Å²) in [5.41, 5.74) is 0. The van der Waals surface area contributed by atoms with Crippen molar-refractivity contribution in [3.05, 3.63) is 0 Å². The van der Waals surface area contributed by atoms with Crippen molar-refractivity contribution in [2.75, 3.05) is 26.4 Å². The van der Waals surface area contributed by atoms with E-state index in [1.165, 1.54) is 0 Å². The Bertz CT molecular complexity index is 223. The Morgan fingerprint density at radius 3 is 2.07 bits per heavy atom. The molecule has 0 N–H and O–H groups in total. The molecule has 0 radical (unpaired) electrons. The molecule has 1 saturated carbocycles. The minimum atomic E-state index is -0.622. The van der Waals surface area contributed by atoms with Crippen molar-refractivity contribution >= 4 is 0 Å². The van der Waals surface area contributed by atoms with Crippen molar-refractivity contribution in [1.82, 2.24) is 0 Å². The van der Waals surface area contributed by atoms with Crippen LogP contribution in [0.4, 0.5) is 0 Å². The van der Waals surface area contributed by atoms with Crippen LogP contribution in [-0.2, 0) is 18.9 Å². The lowest BCUT2D eigenvalue weighted by Gasteiger charge is -2.51. The molecule has 0 amide bonds. The van der Waals surface area contributed by atoms with Gasteiger partial charge in [0.2, 0.25) is 11.6 Å². The molecule has 14 heavy (non-hydrogen) atoms. The van der Waals surface area contributed by atoms with Crippen LogP contribution in [0.5, 0.6) is 0 Å². The topological polar surface area (TPSA) is 36.9 Å². The van der Waals surface area contributed by atoms with Crippen LogP contribution in [0.1, 0.15) is 19.8 Å². The average molecular weight is 200 g/mol.